The Morgan fingerprint density at radius 2 is 1.83 bits per heavy atom. The van der Waals surface area contributed by atoms with Crippen LogP contribution in [0.3, 0.4) is 0 Å². The standard InChI is InChI=1S/C44H67N5O4/c1-27(2)28(3)40(8)18-19-41(9)30-14-15-33-39(7)21-32(49-36(47-26-48-49)29-13-12-20-46-22-29)35(53-24-43(11,45)38(4,5)6)44(33,25-52-23-39)31(30)16-17-42(41,10)34(40)37(50)51/h12-13,16,20,22,26-28,30,32-35H,14-15,17-19,21,23-25,45H2,1-11H3,(H,50,51)/t28-,30+,32-,33-,34-,35+,39-,40-,41-,42+,43+,44+/m1/s1. The minimum Gasteiger partial charge on any atom is -0.481 e. The Bertz CT molecular complexity index is 1730. The molecule has 292 valence electrons. The lowest BCUT2D eigenvalue weighted by Gasteiger charge is -2.71. The molecule has 0 unspecified atom stereocenters. The number of rotatable bonds is 8. The highest BCUT2D eigenvalue weighted by atomic mass is 16.5. The van der Waals surface area contributed by atoms with Crippen LogP contribution in [0.2, 0.25) is 0 Å². The molecular weight excluding hydrogens is 663 g/mol. The number of aliphatic carboxylic acids is 1. The number of carbonyl (C=O) groups is 1. The number of pyridine rings is 1. The highest BCUT2D eigenvalue weighted by molar-refractivity contribution is 5.73. The molecule has 1 saturated heterocycles. The van der Waals surface area contributed by atoms with Gasteiger partial charge in [0.25, 0.3) is 0 Å². The third-order valence-corrected chi connectivity index (χ3v) is 17.1. The maximum atomic E-state index is 13.6. The second-order valence-corrected chi connectivity index (χ2v) is 20.8. The van der Waals surface area contributed by atoms with Crippen LogP contribution in [-0.4, -0.2) is 62.3 Å². The van der Waals surface area contributed by atoms with Crippen LogP contribution in [0.25, 0.3) is 11.4 Å². The largest absolute Gasteiger partial charge is 0.481 e. The Morgan fingerprint density at radius 3 is 2.47 bits per heavy atom. The zero-order chi connectivity index (χ0) is 38.6. The molecule has 1 aliphatic heterocycles. The van der Waals surface area contributed by atoms with Gasteiger partial charge in [0.1, 0.15) is 6.33 Å². The first-order valence-electron chi connectivity index (χ1n) is 20.4. The van der Waals surface area contributed by atoms with E-state index in [1.807, 2.05) is 18.3 Å². The molecule has 5 aliphatic rings. The molecule has 3 N–H and O–H groups in total. The first-order chi connectivity index (χ1) is 24.7. The predicted octanol–water partition coefficient (Wildman–Crippen LogP) is 8.62. The van der Waals surface area contributed by atoms with Gasteiger partial charge in [0.15, 0.2) is 5.82 Å². The van der Waals surface area contributed by atoms with Crippen LogP contribution in [0, 0.1) is 62.1 Å². The van der Waals surface area contributed by atoms with E-state index >= 15 is 0 Å². The summed E-state index contributed by atoms with van der Waals surface area (Å²) in [6.45, 7) is 26.6. The van der Waals surface area contributed by atoms with Crippen molar-refractivity contribution in [3.8, 4) is 11.4 Å². The summed E-state index contributed by atoms with van der Waals surface area (Å²) in [5, 5.41) is 16.2. The van der Waals surface area contributed by atoms with Gasteiger partial charge in [0, 0.05) is 28.9 Å². The van der Waals surface area contributed by atoms with Crippen molar-refractivity contribution in [1.82, 2.24) is 19.7 Å². The number of nitrogens with two attached hydrogens (primary N) is 1. The zero-order valence-electron chi connectivity index (χ0n) is 34.4. The third kappa shape index (κ3) is 5.47. The molecule has 12 atom stereocenters. The molecule has 3 heterocycles. The second-order valence-electron chi connectivity index (χ2n) is 20.8. The fourth-order valence-corrected chi connectivity index (χ4v) is 12.8. The lowest BCUT2D eigenvalue weighted by molar-refractivity contribution is -0.255. The van der Waals surface area contributed by atoms with Crippen molar-refractivity contribution in [2.45, 2.75) is 132 Å². The molecular formula is C44H67N5O4. The summed E-state index contributed by atoms with van der Waals surface area (Å²) in [4.78, 5) is 22.9. The quantitative estimate of drug-likeness (QED) is 0.259. The monoisotopic (exact) mass is 730 g/mol. The van der Waals surface area contributed by atoms with E-state index in [1.165, 1.54) is 5.57 Å². The first kappa shape index (κ1) is 38.6. The molecule has 2 aromatic heterocycles. The fourth-order valence-electron chi connectivity index (χ4n) is 12.8. The number of allylic oxidation sites excluding steroid dienone is 1. The van der Waals surface area contributed by atoms with Crippen molar-refractivity contribution >= 4 is 5.97 Å². The van der Waals surface area contributed by atoms with Crippen molar-refractivity contribution in [2.24, 2.45) is 67.8 Å². The molecule has 0 aromatic carbocycles. The van der Waals surface area contributed by atoms with E-state index in [1.54, 1.807) is 12.5 Å². The number of fused-ring (bicyclic) bond motifs is 3. The molecule has 3 saturated carbocycles. The van der Waals surface area contributed by atoms with Crippen LogP contribution < -0.4 is 5.73 Å². The van der Waals surface area contributed by atoms with E-state index in [9.17, 15) is 9.90 Å². The lowest BCUT2D eigenvalue weighted by atomic mass is 9.34. The highest BCUT2D eigenvalue weighted by Gasteiger charge is 2.73. The molecule has 0 amide bonds. The third-order valence-electron chi connectivity index (χ3n) is 17.1. The topological polar surface area (TPSA) is 125 Å². The molecule has 53 heavy (non-hydrogen) atoms. The number of carboxylic acid groups (broad SMARTS) is 1. The Balaban J connectivity index is 1.41. The van der Waals surface area contributed by atoms with E-state index in [0.717, 1.165) is 49.9 Å². The van der Waals surface area contributed by atoms with Crippen molar-refractivity contribution in [2.75, 3.05) is 19.8 Å². The molecule has 2 aromatic rings. The van der Waals surface area contributed by atoms with Crippen LogP contribution in [-0.2, 0) is 14.3 Å². The normalized spacial score (nSPS) is 41.4. The summed E-state index contributed by atoms with van der Waals surface area (Å²) in [6.07, 6.45) is 13.2. The summed E-state index contributed by atoms with van der Waals surface area (Å²) < 4.78 is 16.4. The molecule has 4 aliphatic carbocycles. The van der Waals surface area contributed by atoms with Gasteiger partial charge in [0.05, 0.1) is 37.9 Å². The number of ether oxygens (including phenoxy) is 2. The number of hydrogen-bond donors (Lipinski definition) is 2. The van der Waals surface area contributed by atoms with Crippen molar-refractivity contribution in [3.63, 3.8) is 0 Å². The Kier molecular flexibility index (Phi) is 9.26. The van der Waals surface area contributed by atoms with Crippen LogP contribution in [0.4, 0.5) is 0 Å². The summed E-state index contributed by atoms with van der Waals surface area (Å²) >= 11 is 0. The van der Waals surface area contributed by atoms with Gasteiger partial charge in [-0.05, 0) is 108 Å². The van der Waals surface area contributed by atoms with E-state index in [-0.39, 0.29) is 39.7 Å². The highest BCUT2D eigenvalue weighted by Crippen LogP contribution is 2.75. The fraction of sp³-hybridized carbons (Fsp3) is 0.773. The van der Waals surface area contributed by atoms with Gasteiger partial charge in [-0.25, -0.2) is 9.67 Å². The predicted molar refractivity (Wildman–Crippen MR) is 208 cm³/mol. The van der Waals surface area contributed by atoms with E-state index in [2.05, 4.69) is 91.9 Å². The van der Waals surface area contributed by atoms with Gasteiger partial charge < -0.3 is 20.3 Å². The van der Waals surface area contributed by atoms with Crippen LogP contribution >= 0.6 is 0 Å². The van der Waals surface area contributed by atoms with Gasteiger partial charge >= 0.3 is 5.97 Å². The molecule has 9 heteroatoms. The number of carboxylic acids is 1. The van der Waals surface area contributed by atoms with Crippen LogP contribution in [0.5, 0.6) is 0 Å². The molecule has 4 fully saturated rings. The summed E-state index contributed by atoms with van der Waals surface area (Å²) in [6, 6.07) is 3.87. The van der Waals surface area contributed by atoms with Gasteiger partial charge in [-0.2, -0.15) is 5.10 Å². The van der Waals surface area contributed by atoms with Gasteiger partial charge in [-0.15, -0.1) is 0 Å². The smallest absolute Gasteiger partial charge is 0.307 e. The molecule has 2 bridgehead atoms. The molecule has 0 spiro atoms. The van der Waals surface area contributed by atoms with Gasteiger partial charge in [-0.1, -0.05) is 80.9 Å². The molecule has 0 radical (unpaired) electrons. The average molecular weight is 730 g/mol. The summed E-state index contributed by atoms with van der Waals surface area (Å²) in [5.41, 5.74) is 7.25. The van der Waals surface area contributed by atoms with E-state index < -0.39 is 28.3 Å². The molecule has 7 rings (SSSR count). The Hall–Kier alpha value is -2.62. The van der Waals surface area contributed by atoms with Crippen molar-refractivity contribution in [1.29, 1.82) is 0 Å². The number of nitrogens with zero attached hydrogens (tertiary/aromatic N) is 4. The van der Waals surface area contributed by atoms with E-state index in [4.69, 9.17) is 25.3 Å². The van der Waals surface area contributed by atoms with Crippen LogP contribution in [0.15, 0.2) is 42.5 Å². The van der Waals surface area contributed by atoms with Crippen LogP contribution in [0.1, 0.15) is 121 Å². The minimum atomic E-state index is -0.636. The maximum absolute atomic E-state index is 13.6. The summed E-state index contributed by atoms with van der Waals surface area (Å²) in [5.74, 6) is 0.967. The average Bonchev–Trinajstić information content (AvgIpc) is 3.57. The zero-order valence-corrected chi connectivity index (χ0v) is 34.4. The Morgan fingerprint density at radius 1 is 1.09 bits per heavy atom. The van der Waals surface area contributed by atoms with Crippen molar-refractivity contribution < 1.29 is 19.4 Å². The minimum absolute atomic E-state index is 0.119. The van der Waals surface area contributed by atoms with E-state index in [0.29, 0.717) is 37.6 Å². The van der Waals surface area contributed by atoms with Gasteiger partial charge in [0.2, 0.25) is 0 Å². The van der Waals surface area contributed by atoms with Gasteiger partial charge in [-0.3, -0.25) is 9.78 Å². The first-order valence-corrected chi connectivity index (χ1v) is 20.4. The number of hydrogen-bond acceptors (Lipinski definition) is 7. The van der Waals surface area contributed by atoms with Crippen molar-refractivity contribution in [3.05, 3.63) is 42.5 Å². The lowest BCUT2D eigenvalue weighted by Crippen LogP contribution is -2.70. The molecule has 9 nitrogen and oxygen atoms in total. The second kappa shape index (κ2) is 12.7. The maximum Gasteiger partial charge on any atom is 0.307 e. The Labute approximate surface area is 318 Å². The summed E-state index contributed by atoms with van der Waals surface area (Å²) in [7, 11) is 0. The number of aromatic nitrogens is 4. The SMILES string of the molecule is CC(C)[C@@H](C)[C@@]1(C)CC[C@]2(C)[C@H]3CC[C@@H]4[C@@]5(C)COC[C@@]4(C3=CC[C@@]2(C)[C@@H]1C(=O)O)[C@@H](OC[C@](C)(N)C(C)(C)C)[C@H](n1ncnc1-c1cccnc1)C5.